The van der Waals surface area contributed by atoms with Gasteiger partial charge in [0.1, 0.15) is 0 Å². The number of allylic oxidation sites excluding steroid dienone is 1. The van der Waals surface area contributed by atoms with Crippen molar-refractivity contribution in [3.63, 3.8) is 0 Å². The molecule has 5 aliphatic rings. The molecule has 4 heteroatoms. The van der Waals surface area contributed by atoms with Crippen LogP contribution in [0.3, 0.4) is 0 Å². The first-order valence-corrected chi connectivity index (χ1v) is 13.9. The van der Waals surface area contributed by atoms with Crippen LogP contribution in [0.15, 0.2) is 11.6 Å². The summed E-state index contributed by atoms with van der Waals surface area (Å²) < 4.78 is 0. The molecule has 0 aromatic rings. The van der Waals surface area contributed by atoms with E-state index in [1.807, 2.05) is 0 Å². The van der Waals surface area contributed by atoms with Crippen LogP contribution in [-0.2, 0) is 4.79 Å². The molecule has 4 saturated carbocycles. The Labute approximate surface area is 206 Å². The van der Waals surface area contributed by atoms with Crippen molar-refractivity contribution < 1.29 is 20.1 Å². The quantitative estimate of drug-likeness (QED) is 0.418. The molecule has 0 bridgehead atoms. The van der Waals surface area contributed by atoms with E-state index in [-0.39, 0.29) is 45.7 Å². The predicted octanol–water partition coefficient (Wildman–Crippen LogP) is 6.21. The van der Waals surface area contributed by atoms with Crippen LogP contribution in [0.1, 0.15) is 106 Å². The molecule has 0 aromatic carbocycles. The molecule has 5 aliphatic carbocycles. The maximum Gasteiger partial charge on any atom is 0.314 e. The molecular formula is C30H48O4. The van der Waals surface area contributed by atoms with Crippen molar-refractivity contribution in [3.05, 3.63) is 11.6 Å². The second-order valence-electron chi connectivity index (χ2n) is 14.9. The van der Waals surface area contributed by atoms with Gasteiger partial charge in [-0.05, 0) is 109 Å². The molecule has 0 spiro atoms. The number of carboxylic acid groups (broad SMARTS) is 1. The summed E-state index contributed by atoms with van der Waals surface area (Å²) in [5.41, 5.74) is 0.0736. The highest BCUT2D eigenvalue weighted by Gasteiger charge is 2.71. The smallest absolute Gasteiger partial charge is 0.314 e. The summed E-state index contributed by atoms with van der Waals surface area (Å²) in [4.78, 5) is 13.5. The molecule has 4 nitrogen and oxygen atoms in total. The zero-order valence-electron chi connectivity index (χ0n) is 22.4. The van der Waals surface area contributed by atoms with Gasteiger partial charge >= 0.3 is 5.97 Å². The number of fused-ring (bicyclic) bond motifs is 7. The summed E-state index contributed by atoms with van der Waals surface area (Å²) in [7, 11) is 0. The van der Waals surface area contributed by atoms with E-state index in [2.05, 4.69) is 47.6 Å². The second kappa shape index (κ2) is 7.34. The van der Waals surface area contributed by atoms with Gasteiger partial charge in [0.25, 0.3) is 0 Å². The molecule has 0 unspecified atom stereocenters. The van der Waals surface area contributed by atoms with Crippen molar-refractivity contribution in [2.75, 3.05) is 6.61 Å². The fourth-order valence-electron chi connectivity index (χ4n) is 10.7. The van der Waals surface area contributed by atoms with E-state index in [4.69, 9.17) is 0 Å². The van der Waals surface area contributed by atoms with Gasteiger partial charge < -0.3 is 15.3 Å². The molecule has 3 N–H and O–H groups in total. The Morgan fingerprint density at radius 3 is 2.26 bits per heavy atom. The highest BCUT2D eigenvalue weighted by atomic mass is 16.4. The minimum Gasteiger partial charge on any atom is -0.481 e. The molecule has 5 rings (SSSR count). The topological polar surface area (TPSA) is 77.8 Å². The maximum absolute atomic E-state index is 13.5. The Kier molecular flexibility index (Phi) is 5.36. The van der Waals surface area contributed by atoms with E-state index in [9.17, 15) is 20.1 Å². The number of carboxylic acids is 1. The molecule has 0 heterocycles. The number of hydrogen-bond acceptors (Lipinski definition) is 3. The fourth-order valence-corrected chi connectivity index (χ4v) is 10.7. The number of aliphatic carboxylic acids is 1. The Morgan fingerprint density at radius 2 is 1.62 bits per heavy atom. The van der Waals surface area contributed by atoms with Gasteiger partial charge in [-0.2, -0.15) is 0 Å². The third-order valence-corrected chi connectivity index (χ3v) is 13.1. The first kappa shape index (κ1) is 24.8. The van der Waals surface area contributed by atoms with Crippen LogP contribution < -0.4 is 0 Å². The molecule has 0 saturated heterocycles. The number of rotatable bonds is 2. The summed E-state index contributed by atoms with van der Waals surface area (Å²) >= 11 is 0. The minimum absolute atomic E-state index is 0.0487. The molecule has 4 fully saturated rings. The standard InChI is InChI=1S/C30H48O4/c1-25(2)21-9-12-29(6)22(28(21,5)11-10-23(25)32)8-7-19-20-17-26(3,18-31)13-14-27(20,4)15-16-30(19,29)24(33)34/h7,20-23,31-32H,8-18H2,1-6H3,(H,33,34)/t20-,21+,22-,23+,26+,27+,28-,29+,30+/m0/s1. The molecule has 0 radical (unpaired) electrons. The van der Waals surface area contributed by atoms with E-state index < -0.39 is 11.4 Å². The van der Waals surface area contributed by atoms with Crippen molar-refractivity contribution in [3.8, 4) is 0 Å². The highest BCUT2D eigenvalue weighted by Crippen LogP contribution is 2.75. The van der Waals surface area contributed by atoms with Gasteiger partial charge in [-0.3, -0.25) is 4.79 Å². The number of aliphatic hydroxyl groups is 2. The van der Waals surface area contributed by atoms with Gasteiger partial charge in [0.2, 0.25) is 0 Å². The predicted molar refractivity (Wildman–Crippen MR) is 134 cm³/mol. The molecule has 192 valence electrons. The van der Waals surface area contributed by atoms with Crippen molar-refractivity contribution in [2.24, 2.45) is 50.2 Å². The van der Waals surface area contributed by atoms with Crippen LogP contribution in [0, 0.1) is 50.2 Å². The van der Waals surface area contributed by atoms with Gasteiger partial charge in [0.15, 0.2) is 0 Å². The van der Waals surface area contributed by atoms with Crippen LogP contribution in [-0.4, -0.2) is 34.0 Å². The third-order valence-electron chi connectivity index (χ3n) is 13.1. The van der Waals surface area contributed by atoms with E-state index in [0.29, 0.717) is 11.8 Å². The number of aliphatic hydroxyl groups excluding tert-OH is 2. The lowest BCUT2D eigenvalue weighted by Gasteiger charge is -2.70. The van der Waals surface area contributed by atoms with Crippen LogP contribution in [0.25, 0.3) is 0 Å². The first-order valence-electron chi connectivity index (χ1n) is 13.9. The Balaban J connectivity index is 1.63. The fraction of sp³-hybridized carbons (Fsp3) is 0.900. The normalized spacial score (nSPS) is 54.1. The molecule has 34 heavy (non-hydrogen) atoms. The Bertz CT molecular complexity index is 907. The van der Waals surface area contributed by atoms with Crippen molar-refractivity contribution >= 4 is 5.97 Å². The van der Waals surface area contributed by atoms with E-state index in [0.717, 1.165) is 64.2 Å². The van der Waals surface area contributed by atoms with E-state index in [1.54, 1.807) is 0 Å². The maximum atomic E-state index is 13.5. The van der Waals surface area contributed by atoms with Crippen molar-refractivity contribution in [1.82, 2.24) is 0 Å². The lowest BCUT2D eigenvalue weighted by molar-refractivity contribution is -0.214. The third kappa shape index (κ3) is 2.88. The van der Waals surface area contributed by atoms with Gasteiger partial charge in [-0.25, -0.2) is 0 Å². The van der Waals surface area contributed by atoms with E-state index in [1.165, 1.54) is 5.57 Å². The summed E-state index contributed by atoms with van der Waals surface area (Å²) in [6, 6.07) is 0. The largest absolute Gasteiger partial charge is 0.481 e. The summed E-state index contributed by atoms with van der Waals surface area (Å²) in [5, 5.41) is 32.2. The summed E-state index contributed by atoms with van der Waals surface area (Å²) in [6.45, 7) is 14.0. The summed E-state index contributed by atoms with van der Waals surface area (Å²) in [5.74, 6) is 0.379. The average Bonchev–Trinajstić information content (AvgIpc) is 2.77. The zero-order chi connectivity index (χ0) is 24.9. The van der Waals surface area contributed by atoms with Crippen LogP contribution >= 0.6 is 0 Å². The average molecular weight is 473 g/mol. The Morgan fingerprint density at radius 1 is 0.941 bits per heavy atom. The zero-order valence-corrected chi connectivity index (χ0v) is 22.4. The van der Waals surface area contributed by atoms with Gasteiger partial charge in [-0.1, -0.05) is 53.2 Å². The summed E-state index contributed by atoms with van der Waals surface area (Å²) in [6.07, 6.45) is 11.5. The van der Waals surface area contributed by atoms with Gasteiger partial charge in [0.05, 0.1) is 11.5 Å². The number of carbonyl (C=O) groups is 1. The SMILES string of the molecule is CC1(C)[C@H](O)CC[C@@]2(C)[C@@H]1CC[C@]1(C)[C@H]2CC=C2[C@@H]3C[C@](C)(CO)CC[C@]3(C)CC[C@]21C(=O)O. The first-order chi connectivity index (χ1) is 15.7. The Hall–Kier alpha value is -0.870. The minimum atomic E-state index is -0.804. The van der Waals surface area contributed by atoms with Crippen molar-refractivity contribution in [2.45, 2.75) is 112 Å². The van der Waals surface area contributed by atoms with Crippen LogP contribution in [0.5, 0.6) is 0 Å². The second-order valence-corrected chi connectivity index (χ2v) is 14.9. The van der Waals surface area contributed by atoms with Gasteiger partial charge in [-0.15, -0.1) is 0 Å². The van der Waals surface area contributed by atoms with Gasteiger partial charge in [0, 0.05) is 6.61 Å². The highest BCUT2D eigenvalue weighted by molar-refractivity contribution is 5.81. The van der Waals surface area contributed by atoms with Crippen molar-refractivity contribution in [1.29, 1.82) is 0 Å². The molecule has 0 aromatic heterocycles. The lowest BCUT2D eigenvalue weighted by atomic mass is 9.33. The van der Waals surface area contributed by atoms with Crippen LogP contribution in [0.2, 0.25) is 0 Å². The molecule has 0 aliphatic heterocycles. The number of hydrogen-bond donors (Lipinski definition) is 3. The molecule has 9 atom stereocenters. The molecular weight excluding hydrogens is 424 g/mol. The monoisotopic (exact) mass is 472 g/mol. The lowest BCUT2D eigenvalue weighted by Crippen LogP contribution is -2.67. The van der Waals surface area contributed by atoms with Crippen LogP contribution in [0.4, 0.5) is 0 Å². The van der Waals surface area contributed by atoms with E-state index >= 15 is 0 Å². The molecule has 0 amide bonds.